The number of rotatable bonds is 5. The topological polar surface area (TPSA) is 87.7 Å². The summed E-state index contributed by atoms with van der Waals surface area (Å²) in [6.45, 7) is 5.62. The van der Waals surface area contributed by atoms with Crippen LogP contribution in [0.15, 0.2) is 30.3 Å². The van der Waals surface area contributed by atoms with Gasteiger partial charge in [0.1, 0.15) is 11.5 Å². The van der Waals surface area contributed by atoms with Crippen molar-refractivity contribution < 1.29 is 19.4 Å². The molecule has 0 spiro atoms. The summed E-state index contributed by atoms with van der Waals surface area (Å²) in [5, 5.41) is 15.1. The normalized spacial score (nSPS) is 10.2. The van der Waals surface area contributed by atoms with Crippen molar-refractivity contribution in [2.45, 2.75) is 20.8 Å². The standard InChI is InChI=1S/C19H22N2O4/c1-11-7-12(2)18(13(3)8-11)21-17(23)10-20-19(24)15-9-14(25-4)5-6-16(15)22/h5-9,22H,10H2,1-4H3,(H,20,24)(H,21,23). The SMILES string of the molecule is COc1ccc(O)c(C(=O)NCC(=O)Nc2c(C)cc(C)cc2C)c1. The van der Waals surface area contributed by atoms with Crippen LogP contribution in [-0.4, -0.2) is 30.6 Å². The molecule has 0 aliphatic carbocycles. The van der Waals surface area contributed by atoms with E-state index in [0.717, 1.165) is 22.4 Å². The van der Waals surface area contributed by atoms with Crippen LogP contribution < -0.4 is 15.4 Å². The number of hydrogen-bond donors (Lipinski definition) is 3. The van der Waals surface area contributed by atoms with E-state index in [2.05, 4.69) is 10.6 Å². The summed E-state index contributed by atoms with van der Waals surface area (Å²) in [6, 6.07) is 8.29. The third kappa shape index (κ3) is 4.50. The highest BCUT2D eigenvalue weighted by Gasteiger charge is 2.14. The molecule has 0 radical (unpaired) electrons. The van der Waals surface area contributed by atoms with Gasteiger partial charge in [0.2, 0.25) is 5.91 Å². The van der Waals surface area contributed by atoms with Crippen LogP contribution in [0.1, 0.15) is 27.0 Å². The molecule has 3 N–H and O–H groups in total. The molecule has 6 heteroatoms. The highest BCUT2D eigenvalue weighted by Crippen LogP contribution is 2.23. The minimum atomic E-state index is -0.552. The molecule has 0 saturated carbocycles. The number of carbonyl (C=O) groups excluding carboxylic acids is 2. The summed E-state index contributed by atoms with van der Waals surface area (Å²) >= 11 is 0. The van der Waals surface area contributed by atoms with Gasteiger partial charge < -0.3 is 20.5 Å². The first-order valence-corrected chi connectivity index (χ1v) is 7.84. The summed E-state index contributed by atoms with van der Waals surface area (Å²) < 4.78 is 5.03. The summed E-state index contributed by atoms with van der Waals surface area (Å²) in [5.41, 5.74) is 3.84. The maximum atomic E-state index is 12.2. The van der Waals surface area contributed by atoms with E-state index in [1.165, 1.54) is 19.2 Å². The van der Waals surface area contributed by atoms with Crippen molar-refractivity contribution in [1.29, 1.82) is 0 Å². The molecule has 0 atom stereocenters. The molecule has 2 rings (SSSR count). The van der Waals surface area contributed by atoms with E-state index < -0.39 is 5.91 Å². The Kier molecular flexibility index (Phi) is 5.64. The second-order valence-corrected chi connectivity index (χ2v) is 5.89. The largest absolute Gasteiger partial charge is 0.507 e. The Morgan fingerprint density at radius 1 is 1.08 bits per heavy atom. The number of phenols is 1. The lowest BCUT2D eigenvalue weighted by molar-refractivity contribution is -0.115. The van der Waals surface area contributed by atoms with E-state index in [9.17, 15) is 14.7 Å². The molecule has 0 saturated heterocycles. The van der Waals surface area contributed by atoms with E-state index >= 15 is 0 Å². The Labute approximate surface area is 146 Å². The number of carbonyl (C=O) groups is 2. The van der Waals surface area contributed by atoms with Crippen LogP contribution >= 0.6 is 0 Å². The first-order chi connectivity index (χ1) is 11.8. The lowest BCUT2D eigenvalue weighted by atomic mass is 10.1. The molecule has 0 aliphatic rings. The van der Waals surface area contributed by atoms with E-state index in [0.29, 0.717) is 5.75 Å². The average Bonchev–Trinajstić information content (AvgIpc) is 2.56. The smallest absolute Gasteiger partial charge is 0.255 e. The number of methoxy groups -OCH3 is 1. The first kappa shape index (κ1) is 18.3. The van der Waals surface area contributed by atoms with Crippen molar-refractivity contribution >= 4 is 17.5 Å². The van der Waals surface area contributed by atoms with Crippen molar-refractivity contribution in [3.8, 4) is 11.5 Å². The van der Waals surface area contributed by atoms with Crippen LogP contribution in [0.25, 0.3) is 0 Å². The Hall–Kier alpha value is -3.02. The lowest BCUT2D eigenvalue weighted by Gasteiger charge is -2.13. The predicted octanol–water partition coefficient (Wildman–Crippen LogP) is 2.69. The van der Waals surface area contributed by atoms with Gasteiger partial charge in [-0.05, 0) is 50.1 Å². The number of amides is 2. The molecule has 0 aromatic heterocycles. The summed E-state index contributed by atoms with van der Waals surface area (Å²) in [7, 11) is 1.47. The van der Waals surface area contributed by atoms with Crippen molar-refractivity contribution in [2.24, 2.45) is 0 Å². The quantitative estimate of drug-likeness (QED) is 0.779. The van der Waals surface area contributed by atoms with Crippen LogP contribution in [0.5, 0.6) is 11.5 Å². The fourth-order valence-electron chi connectivity index (χ4n) is 2.64. The fraction of sp³-hybridized carbons (Fsp3) is 0.263. The lowest BCUT2D eigenvalue weighted by Crippen LogP contribution is -2.33. The molecule has 0 fully saturated rings. The molecular weight excluding hydrogens is 320 g/mol. The average molecular weight is 342 g/mol. The number of nitrogens with one attached hydrogen (secondary N) is 2. The van der Waals surface area contributed by atoms with Crippen LogP contribution in [0.2, 0.25) is 0 Å². The monoisotopic (exact) mass is 342 g/mol. The van der Waals surface area contributed by atoms with Crippen molar-refractivity contribution in [2.75, 3.05) is 19.0 Å². The van der Waals surface area contributed by atoms with E-state index in [1.54, 1.807) is 6.07 Å². The molecular formula is C19H22N2O4. The maximum Gasteiger partial charge on any atom is 0.255 e. The molecule has 0 aliphatic heterocycles. The maximum absolute atomic E-state index is 12.2. The molecule has 132 valence electrons. The number of anilines is 1. The summed E-state index contributed by atoms with van der Waals surface area (Å²) in [6.07, 6.45) is 0. The molecule has 0 heterocycles. The van der Waals surface area contributed by atoms with Gasteiger partial charge in [-0.2, -0.15) is 0 Å². The van der Waals surface area contributed by atoms with Gasteiger partial charge in [-0.15, -0.1) is 0 Å². The number of hydrogen-bond acceptors (Lipinski definition) is 4. The number of ether oxygens (including phenoxy) is 1. The number of aryl methyl sites for hydroxylation is 3. The molecule has 2 aromatic carbocycles. The van der Waals surface area contributed by atoms with E-state index in [-0.39, 0.29) is 23.8 Å². The van der Waals surface area contributed by atoms with Crippen molar-refractivity contribution in [3.05, 3.63) is 52.6 Å². The highest BCUT2D eigenvalue weighted by atomic mass is 16.5. The zero-order valence-electron chi connectivity index (χ0n) is 14.8. The summed E-state index contributed by atoms with van der Waals surface area (Å²) in [4.78, 5) is 24.3. The van der Waals surface area contributed by atoms with E-state index in [1.807, 2.05) is 32.9 Å². The minimum Gasteiger partial charge on any atom is -0.507 e. The first-order valence-electron chi connectivity index (χ1n) is 7.84. The minimum absolute atomic E-state index is 0.0508. The van der Waals surface area contributed by atoms with Gasteiger partial charge in [0.05, 0.1) is 19.2 Å². The van der Waals surface area contributed by atoms with Crippen molar-refractivity contribution in [3.63, 3.8) is 0 Å². The molecule has 0 bridgehead atoms. The zero-order chi connectivity index (χ0) is 18.6. The number of phenolic OH excluding ortho intramolecular Hbond substituents is 1. The van der Waals surface area contributed by atoms with Crippen LogP contribution in [0.4, 0.5) is 5.69 Å². The van der Waals surface area contributed by atoms with Gasteiger partial charge in [-0.1, -0.05) is 17.7 Å². The molecule has 25 heavy (non-hydrogen) atoms. The second kappa shape index (κ2) is 7.70. The Balaban J connectivity index is 2.02. The molecule has 0 unspecified atom stereocenters. The fourth-order valence-corrected chi connectivity index (χ4v) is 2.64. The van der Waals surface area contributed by atoms with Gasteiger partial charge in [-0.25, -0.2) is 0 Å². The second-order valence-electron chi connectivity index (χ2n) is 5.89. The third-order valence-corrected chi connectivity index (χ3v) is 3.80. The van der Waals surface area contributed by atoms with Gasteiger partial charge in [0.15, 0.2) is 0 Å². The number of benzene rings is 2. The Morgan fingerprint density at radius 2 is 1.72 bits per heavy atom. The van der Waals surface area contributed by atoms with Gasteiger partial charge >= 0.3 is 0 Å². The molecule has 2 aromatic rings. The van der Waals surface area contributed by atoms with Gasteiger partial charge in [-0.3, -0.25) is 9.59 Å². The number of aromatic hydroxyl groups is 1. The van der Waals surface area contributed by atoms with Crippen LogP contribution in [0.3, 0.4) is 0 Å². The zero-order valence-corrected chi connectivity index (χ0v) is 14.8. The third-order valence-electron chi connectivity index (χ3n) is 3.80. The predicted molar refractivity (Wildman–Crippen MR) is 96.3 cm³/mol. The van der Waals surface area contributed by atoms with E-state index in [4.69, 9.17) is 4.74 Å². The Morgan fingerprint density at radius 3 is 2.32 bits per heavy atom. The summed E-state index contributed by atoms with van der Waals surface area (Å²) in [5.74, 6) is -0.628. The van der Waals surface area contributed by atoms with Gasteiger partial charge in [0.25, 0.3) is 5.91 Å². The molecule has 2 amide bonds. The Bertz CT molecular complexity index is 792. The van der Waals surface area contributed by atoms with Crippen LogP contribution in [0, 0.1) is 20.8 Å². The van der Waals surface area contributed by atoms with Crippen LogP contribution in [-0.2, 0) is 4.79 Å². The van der Waals surface area contributed by atoms with Crippen molar-refractivity contribution in [1.82, 2.24) is 5.32 Å². The van der Waals surface area contributed by atoms with Gasteiger partial charge in [0, 0.05) is 5.69 Å². The molecule has 6 nitrogen and oxygen atoms in total. The highest BCUT2D eigenvalue weighted by molar-refractivity contribution is 6.01.